The van der Waals surface area contributed by atoms with Crippen molar-refractivity contribution < 1.29 is 0 Å². The molecule has 0 unspecified atom stereocenters. The third-order valence-electron chi connectivity index (χ3n) is 5.05. The van der Waals surface area contributed by atoms with E-state index in [2.05, 4.69) is 17.1 Å². The fourth-order valence-electron chi connectivity index (χ4n) is 3.94. The average Bonchev–Trinajstić information content (AvgIpc) is 2.73. The second-order valence-electron chi connectivity index (χ2n) is 6.30. The number of nitrogens with one attached hydrogen (secondary N) is 1. The van der Waals surface area contributed by atoms with E-state index in [1.165, 1.54) is 48.9 Å². The number of hydrogen-bond acceptors (Lipinski definition) is 1. The average molecular weight is 267 g/mol. The van der Waals surface area contributed by atoms with Crippen LogP contribution in [0.2, 0.25) is 0 Å². The molecule has 2 aliphatic carbocycles. The van der Waals surface area contributed by atoms with Gasteiger partial charge in [0.1, 0.15) is 0 Å². The number of pyridine rings is 1. The minimum Gasteiger partial charge on any atom is -0.358 e. The fraction of sp³-hybridized carbons (Fsp3) is 0.500. The Hall–Kier alpha value is -1.57. The Bertz CT molecular complexity index is 726. The van der Waals surface area contributed by atoms with E-state index in [4.69, 9.17) is 0 Å². The van der Waals surface area contributed by atoms with Gasteiger partial charge in [-0.25, -0.2) is 0 Å². The summed E-state index contributed by atoms with van der Waals surface area (Å²) in [6.45, 7) is 0. The number of hydrogen-bond donors (Lipinski definition) is 1. The van der Waals surface area contributed by atoms with E-state index >= 15 is 0 Å². The van der Waals surface area contributed by atoms with Crippen LogP contribution in [0.4, 0.5) is 0 Å². The first kappa shape index (κ1) is 12.2. The van der Waals surface area contributed by atoms with Crippen molar-refractivity contribution in [3.63, 3.8) is 0 Å². The number of aryl methyl sites for hydroxylation is 3. The van der Waals surface area contributed by atoms with Crippen LogP contribution >= 0.6 is 0 Å². The highest BCUT2D eigenvalue weighted by Crippen LogP contribution is 2.28. The van der Waals surface area contributed by atoms with Gasteiger partial charge >= 0.3 is 0 Å². The predicted molar refractivity (Wildman–Crippen MR) is 82.5 cm³/mol. The molecule has 1 aromatic heterocycles. The molecule has 2 aromatic rings. The maximum absolute atomic E-state index is 12.8. The Kier molecular flexibility index (Phi) is 2.90. The first-order valence-electron chi connectivity index (χ1n) is 8.03. The standard InChI is InChI=1S/C18H21NO/c20-18-14-8-2-1-3-9-16(14)19-17-13-7-5-4-6-12(13)10-11-15(17)18/h10-11H,1-9H2,(H,19,20). The zero-order valence-corrected chi connectivity index (χ0v) is 11.9. The van der Waals surface area contributed by atoms with Gasteiger partial charge in [0, 0.05) is 16.6 Å². The summed E-state index contributed by atoms with van der Waals surface area (Å²) < 4.78 is 0. The quantitative estimate of drug-likeness (QED) is 0.726. The lowest BCUT2D eigenvalue weighted by Crippen LogP contribution is -2.16. The maximum Gasteiger partial charge on any atom is 0.192 e. The van der Waals surface area contributed by atoms with Crippen LogP contribution in [0.25, 0.3) is 10.9 Å². The number of H-pyrrole nitrogens is 1. The van der Waals surface area contributed by atoms with Crippen LogP contribution < -0.4 is 5.43 Å². The van der Waals surface area contributed by atoms with E-state index in [0.717, 1.165) is 42.1 Å². The summed E-state index contributed by atoms with van der Waals surface area (Å²) in [6.07, 6.45) is 10.5. The van der Waals surface area contributed by atoms with Crippen LogP contribution in [-0.2, 0) is 25.7 Å². The van der Waals surface area contributed by atoms with Crippen molar-refractivity contribution in [3.8, 4) is 0 Å². The highest BCUT2D eigenvalue weighted by Gasteiger charge is 2.18. The van der Waals surface area contributed by atoms with Crippen LogP contribution in [0.5, 0.6) is 0 Å². The molecule has 0 bridgehead atoms. The molecule has 1 heterocycles. The Morgan fingerprint density at radius 3 is 2.50 bits per heavy atom. The molecule has 0 fully saturated rings. The summed E-state index contributed by atoms with van der Waals surface area (Å²) in [5.74, 6) is 0. The van der Waals surface area contributed by atoms with Gasteiger partial charge in [0.25, 0.3) is 0 Å². The molecule has 2 nitrogen and oxygen atoms in total. The van der Waals surface area contributed by atoms with E-state index in [-0.39, 0.29) is 0 Å². The van der Waals surface area contributed by atoms with Gasteiger partial charge in [-0.05, 0) is 68.6 Å². The Morgan fingerprint density at radius 1 is 0.800 bits per heavy atom. The van der Waals surface area contributed by atoms with Crippen molar-refractivity contribution in [1.82, 2.24) is 4.98 Å². The third-order valence-corrected chi connectivity index (χ3v) is 5.05. The summed E-state index contributed by atoms with van der Waals surface area (Å²) in [6, 6.07) is 4.25. The molecule has 0 spiro atoms. The number of rotatable bonds is 0. The van der Waals surface area contributed by atoms with Gasteiger partial charge in [-0.3, -0.25) is 4.79 Å². The van der Waals surface area contributed by atoms with Crippen LogP contribution in [0.3, 0.4) is 0 Å². The molecule has 0 aliphatic heterocycles. The SMILES string of the molecule is O=c1c2c([nH]c3c4c(ccc13)CCCC4)CCCCC2. The highest BCUT2D eigenvalue weighted by atomic mass is 16.1. The van der Waals surface area contributed by atoms with Gasteiger partial charge in [-0.15, -0.1) is 0 Å². The van der Waals surface area contributed by atoms with E-state index in [1.807, 2.05) is 0 Å². The van der Waals surface area contributed by atoms with Gasteiger partial charge < -0.3 is 4.98 Å². The Morgan fingerprint density at radius 2 is 1.55 bits per heavy atom. The third kappa shape index (κ3) is 1.81. The maximum atomic E-state index is 12.8. The van der Waals surface area contributed by atoms with Gasteiger partial charge in [-0.2, -0.15) is 0 Å². The van der Waals surface area contributed by atoms with E-state index in [0.29, 0.717) is 5.43 Å². The molecule has 104 valence electrons. The molecular formula is C18H21NO. The van der Waals surface area contributed by atoms with Crippen molar-refractivity contribution in [2.45, 2.75) is 57.8 Å². The van der Waals surface area contributed by atoms with Crippen molar-refractivity contribution in [2.24, 2.45) is 0 Å². The lowest BCUT2D eigenvalue weighted by atomic mass is 9.89. The summed E-state index contributed by atoms with van der Waals surface area (Å²) in [5, 5.41) is 0.923. The molecule has 1 aromatic carbocycles. The zero-order valence-electron chi connectivity index (χ0n) is 11.9. The number of fused-ring (bicyclic) bond motifs is 4. The van der Waals surface area contributed by atoms with E-state index in [9.17, 15) is 4.79 Å². The van der Waals surface area contributed by atoms with Crippen LogP contribution in [0.15, 0.2) is 16.9 Å². The molecule has 0 saturated heterocycles. The van der Waals surface area contributed by atoms with Crippen molar-refractivity contribution in [3.05, 3.63) is 44.7 Å². The number of benzene rings is 1. The van der Waals surface area contributed by atoms with Gasteiger partial charge in [0.05, 0.1) is 5.52 Å². The zero-order chi connectivity index (χ0) is 13.5. The van der Waals surface area contributed by atoms with Crippen molar-refractivity contribution >= 4 is 10.9 Å². The van der Waals surface area contributed by atoms with E-state index < -0.39 is 0 Å². The largest absolute Gasteiger partial charge is 0.358 e. The summed E-state index contributed by atoms with van der Waals surface area (Å²) in [4.78, 5) is 16.4. The topological polar surface area (TPSA) is 32.9 Å². The molecule has 0 amide bonds. The molecular weight excluding hydrogens is 246 g/mol. The monoisotopic (exact) mass is 267 g/mol. The molecule has 0 saturated carbocycles. The minimum absolute atomic E-state index is 0.295. The molecule has 0 radical (unpaired) electrons. The van der Waals surface area contributed by atoms with Crippen molar-refractivity contribution in [1.29, 1.82) is 0 Å². The lowest BCUT2D eigenvalue weighted by Gasteiger charge is -2.19. The molecule has 0 atom stereocenters. The van der Waals surface area contributed by atoms with Crippen LogP contribution in [-0.4, -0.2) is 4.98 Å². The minimum atomic E-state index is 0.295. The van der Waals surface area contributed by atoms with Gasteiger partial charge in [0.2, 0.25) is 0 Å². The Labute approximate surface area is 119 Å². The molecule has 1 N–H and O–H groups in total. The second kappa shape index (κ2) is 4.76. The molecule has 4 rings (SSSR count). The van der Waals surface area contributed by atoms with Crippen LogP contribution in [0, 0.1) is 0 Å². The van der Waals surface area contributed by atoms with Gasteiger partial charge in [-0.1, -0.05) is 12.5 Å². The first-order valence-corrected chi connectivity index (χ1v) is 8.03. The lowest BCUT2D eigenvalue weighted by molar-refractivity contribution is 0.688. The molecule has 20 heavy (non-hydrogen) atoms. The Balaban J connectivity index is 2.03. The number of aromatic nitrogens is 1. The normalized spacial score (nSPS) is 18.4. The van der Waals surface area contributed by atoms with Crippen molar-refractivity contribution in [2.75, 3.05) is 0 Å². The van der Waals surface area contributed by atoms with Crippen LogP contribution in [0.1, 0.15) is 54.5 Å². The van der Waals surface area contributed by atoms with E-state index in [1.54, 1.807) is 0 Å². The fourth-order valence-corrected chi connectivity index (χ4v) is 3.94. The summed E-state index contributed by atoms with van der Waals surface area (Å²) in [5.41, 5.74) is 6.59. The smallest absolute Gasteiger partial charge is 0.192 e. The predicted octanol–water partition coefficient (Wildman–Crippen LogP) is 3.68. The summed E-state index contributed by atoms with van der Waals surface area (Å²) in [7, 11) is 0. The highest BCUT2D eigenvalue weighted by molar-refractivity contribution is 5.84. The summed E-state index contributed by atoms with van der Waals surface area (Å²) >= 11 is 0. The van der Waals surface area contributed by atoms with Gasteiger partial charge in [0.15, 0.2) is 5.43 Å². The molecule has 2 heteroatoms. The number of aromatic amines is 1. The first-order chi connectivity index (χ1) is 9.84. The molecule has 2 aliphatic rings. The second-order valence-corrected chi connectivity index (χ2v) is 6.30.